The first-order valence-corrected chi connectivity index (χ1v) is 9.63. The average Bonchev–Trinajstić information content (AvgIpc) is 3.10. The van der Waals surface area contributed by atoms with Crippen LogP contribution in [0, 0.1) is 0 Å². The van der Waals surface area contributed by atoms with E-state index in [1.165, 1.54) is 11.0 Å². The quantitative estimate of drug-likeness (QED) is 0.415. The van der Waals surface area contributed by atoms with Gasteiger partial charge in [-0.15, -0.1) is 11.3 Å². The summed E-state index contributed by atoms with van der Waals surface area (Å²) in [6.45, 7) is 0. The van der Waals surface area contributed by atoms with Gasteiger partial charge in [0, 0.05) is 22.3 Å². The number of fused-ring (bicyclic) bond motifs is 1. The van der Waals surface area contributed by atoms with Gasteiger partial charge in [-0.05, 0) is 55.4 Å². The molecular formula is C18H16N6S2. The summed E-state index contributed by atoms with van der Waals surface area (Å²) in [6, 6.07) is 16.1. The predicted octanol–water partition coefficient (Wildman–Crippen LogP) is 4.80. The van der Waals surface area contributed by atoms with Gasteiger partial charge in [0.05, 0.1) is 15.7 Å². The number of benzene rings is 2. The van der Waals surface area contributed by atoms with Gasteiger partial charge in [0.1, 0.15) is 18.0 Å². The monoisotopic (exact) mass is 380 g/mol. The minimum atomic E-state index is 0.720. The first-order valence-electron chi connectivity index (χ1n) is 7.93. The number of hydrogen-bond acceptors (Lipinski definition) is 8. The summed E-state index contributed by atoms with van der Waals surface area (Å²) >= 11 is 3.20. The van der Waals surface area contributed by atoms with Crippen LogP contribution in [0.4, 0.5) is 23.0 Å². The number of aromatic nitrogens is 3. The van der Waals surface area contributed by atoms with Gasteiger partial charge in [0.15, 0.2) is 0 Å². The number of nitrogens with zero attached hydrogens (tertiary/aromatic N) is 3. The van der Waals surface area contributed by atoms with Crippen molar-refractivity contribution in [1.82, 2.24) is 19.7 Å². The fourth-order valence-electron chi connectivity index (χ4n) is 2.48. The normalized spacial score (nSPS) is 10.8. The van der Waals surface area contributed by atoms with Crippen LogP contribution in [0.15, 0.2) is 65.3 Å². The molecule has 4 aromatic rings. The molecule has 4 rings (SSSR count). The Morgan fingerprint density at radius 1 is 0.885 bits per heavy atom. The Balaban J connectivity index is 1.51. The van der Waals surface area contributed by atoms with E-state index < -0.39 is 0 Å². The first kappa shape index (κ1) is 16.8. The van der Waals surface area contributed by atoms with E-state index >= 15 is 0 Å². The van der Waals surface area contributed by atoms with Crippen LogP contribution in [0.1, 0.15) is 0 Å². The van der Waals surface area contributed by atoms with Crippen molar-refractivity contribution in [3.8, 4) is 0 Å². The zero-order valence-corrected chi connectivity index (χ0v) is 15.6. The third-order valence-corrected chi connectivity index (χ3v) is 5.10. The molecule has 0 fully saturated rings. The maximum Gasteiger partial charge on any atom is 0.135 e. The van der Waals surface area contributed by atoms with E-state index in [4.69, 9.17) is 0 Å². The van der Waals surface area contributed by atoms with E-state index in [2.05, 4.69) is 42.4 Å². The van der Waals surface area contributed by atoms with Crippen molar-refractivity contribution < 1.29 is 0 Å². The summed E-state index contributed by atoms with van der Waals surface area (Å²) in [4.78, 5) is 14.1. The molecule has 0 spiro atoms. The van der Waals surface area contributed by atoms with Crippen LogP contribution < -0.4 is 15.4 Å². The van der Waals surface area contributed by atoms with Gasteiger partial charge < -0.3 is 10.6 Å². The highest BCUT2D eigenvalue weighted by Crippen LogP contribution is 2.25. The Morgan fingerprint density at radius 2 is 1.69 bits per heavy atom. The lowest BCUT2D eigenvalue weighted by Crippen LogP contribution is -1.99. The molecule has 0 aliphatic carbocycles. The molecule has 0 aliphatic rings. The van der Waals surface area contributed by atoms with Crippen molar-refractivity contribution in [2.75, 3.05) is 17.7 Å². The van der Waals surface area contributed by atoms with Crippen LogP contribution in [0.5, 0.6) is 0 Å². The number of hydrogen-bond donors (Lipinski definition) is 3. The van der Waals surface area contributed by atoms with Crippen molar-refractivity contribution in [2.45, 2.75) is 4.90 Å². The van der Waals surface area contributed by atoms with E-state index in [-0.39, 0.29) is 0 Å². The topological polar surface area (TPSA) is 74.8 Å². The molecule has 0 atom stereocenters. The fraction of sp³-hybridized carbons (Fsp3) is 0.0556. The summed E-state index contributed by atoms with van der Waals surface area (Å²) in [5.74, 6) is 1.45. The minimum Gasteiger partial charge on any atom is -0.340 e. The van der Waals surface area contributed by atoms with Crippen LogP contribution in [-0.2, 0) is 0 Å². The van der Waals surface area contributed by atoms with Gasteiger partial charge in [-0.2, -0.15) is 0 Å². The van der Waals surface area contributed by atoms with Crippen LogP contribution in [0.3, 0.4) is 0 Å². The molecule has 0 bridgehead atoms. The van der Waals surface area contributed by atoms with Crippen LogP contribution in [0.25, 0.3) is 10.2 Å². The molecule has 8 heteroatoms. The lowest BCUT2D eigenvalue weighted by atomic mass is 10.3. The Bertz CT molecular complexity index is 1030. The van der Waals surface area contributed by atoms with Gasteiger partial charge in [0.2, 0.25) is 0 Å². The second-order valence-electron chi connectivity index (χ2n) is 5.41. The summed E-state index contributed by atoms with van der Waals surface area (Å²) in [5, 5.41) is 6.61. The zero-order valence-electron chi connectivity index (χ0n) is 13.9. The molecule has 0 aliphatic heterocycles. The van der Waals surface area contributed by atoms with E-state index in [9.17, 15) is 0 Å². The summed E-state index contributed by atoms with van der Waals surface area (Å²) in [6.07, 6.45) is 1.54. The highest BCUT2D eigenvalue weighted by molar-refractivity contribution is 7.97. The molecule has 2 aromatic carbocycles. The van der Waals surface area contributed by atoms with Gasteiger partial charge in [-0.25, -0.2) is 15.0 Å². The summed E-state index contributed by atoms with van der Waals surface area (Å²) < 4.78 is 4.24. The molecule has 6 nitrogen and oxygen atoms in total. The van der Waals surface area contributed by atoms with Crippen molar-refractivity contribution in [2.24, 2.45) is 0 Å². The molecule has 0 saturated carbocycles. The van der Waals surface area contributed by atoms with Gasteiger partial charge in [-0.1, -0.05) is 6.07 Å². The van der Waals surface area contributed by atoms with Crippen molar-refractivity contribution >= 4 is 56.5 Å². The predicted molar refractivity (Wildman–Crippen MR) is 110 cm³/mol. The van der Waals surface area contributed by atoms with E-state index in [0.717, 1.165) is 33.4 Å². The Kier molecular flexibility index (Phi) is 4.96. The molecule has 0 radical (unpaired) electrons. The largest absolute Gasteiger partial charge is 0.340 e. The first-order chi connectivity index (χ1) is 12.8. The third kappa shape index (κ3) is 3.93. The second kappa shape index (κ2) is 7.69. The van der Waals surface area contributed by atoms with E-state index in [0.29, 0.717) is 0 Å². The smallest absolute Gasteiger partial charge is 0.135 e. The fourth-order valence-corrected chi connectivity index (χ4v) is 3.71. The molecule has 2 aromatic heterocycles. The molecule has 0 unspecified atom stereocenters. The second-order valence-corrected chi connectivity index (χ2v) is 7.38. The van der Waals surface area contributed by atoms with Crippen LogP contribution in [-0.4, -0.2) is 22.0 Å². The molecule has 0 saturated heterocycles. The maximum absolute atomic E-state index is 4.34. The molecule has 3 N–H and O–H groups in total. The van der Waals surface area contributed by atoms with Crippen molar-refractivity contribution in [3.63, 3.8) is 0 Å². The Labute approximate surface area is 159 Å². The number of thiazole rings is 1. The maximum atomic E-state index is 4.34. The molecule has 130 valence electrons. The number of nitrogens with one attached hydrogen (secondary N) is 3. The van der Waals surface area contributed by atoms with Crippen LogP contribution in [0.2, 0.25) is 0 Å². The van der Waals surface area contributed by atoms with E-state index in [1.807, 2.05) is 49.0 Å². The lowest BCUT2D eigenvalue weighted by Gasteiger charge is -2.09. The summed E-state index contributed by atoms with van der Waals surface area (Å²) in [5.41, 5.74) is 4.74. The highest BCUT2D eigenvalue weighted by Gasteiger charge is 2.03. The molecule has 0 amide bonds. The molecule has 2 heterocycles. The SMILES string of the molecule is CNSc1cccc(Nc2cc(Nc3ccc4scnc4c3)ncn2)c1. The summed E-state index contributed by atoms with van der Waals surface area (Å²) in [7, 11) is 1.90. The van der Waals surface area contributed by atoms with Gasteiger partial charge in [0.25, 0.3) is 0 Å². The highest BCUT2D eigenvalue weighted by atomic mass is 32.2. The standard InChI is InChI=1S/C18H16N6S2/c1-19-26-14-4-2-3-12(7-14)23-17-9-18(21-10-20-17)24-13-5-6-16-15(8-13)22-11-25-16/h2-11,19H,1H3,(H2,20,21,23,24). The Hall–Kier alpha value is -2.68. The van der Waals surface area contributed by atoms with Crippen molar-refractivity contribution in [1.29, 1.82) is 0 Å². The third-order valence-electron chi connectivity index (χ3n) is 3.60. The number of anilines is 4. The molecule has 26 heavy (non-hydrogen) atoms. The van der Waals surface area contributed by atoms with E-state index in [1.54, 1.807) is 23.3 Å². The van der Waals surface area contributed by atoms with Gasteiger partial charge >= 0.3 is 0 Å². The zero-order chi connectivity index (χ0) is 17.8. The minimum absolute atomic E-state index is 0.720. The molecular weight excluding hydrogens is 364 g/mol. The van der Waals surface area contributed by atoms with Crippen molar-refractivity contribution in [3.05, 3.63) is 60.4 Å². The number of rotatable bonds is 6. The van der Waals surface area contributed by atoms with Crippen LogP contribution >= 0.6 is 23.3 Å². The lowest BCUT2D eigenvalue weighted by molar-refractivity contribution is 1.17. The average molecular weight is 381 g/mol. The Morgan fingerprint density at radius 3 is 2.50 bits per heavy atom. The van der Waals surface area contributed by atoms with Gasteiger partial charge in [-0.3, -0.25) is 4.72 Å².